The highest BCUT2D eigenvalue weighted by Gasteiger charge is 2.20. The number of hydrogen-bond acceptors (Lipinski definition) is 5. The molecule has 38 heavy (non-hydrogen) atoms. The van der Waals surface area contributed by atoms with Crippen LogP contribution < -0.4 is 0 Å². The number of thioether (sulfide) groups is 1. The van der Waals surface area contributed by atoms with Gasteiger partial charge in [-0.1, -0.05) is 108 Å². The third-order valence-electron chi connectivity index (χ3n) is 5.54. The fourth-order valence-corrected chi connectivity index (χ4v) is 4.17. The third-order valence-corrected chi connectivity index (χ3v) is 7.03. The maximum Gasteiger partial charge on any atom is 0.307 e. The molecule has 1 heterocycles. The van der Waals surface area contributed by atoms with E-state index in [1.165, 1.54) is 11.4 Å². The summed E-state index contributed by atoms with van der Waals surface area (Å²) in [5, 5.41) is 17.4. The van der Waals surface area contributed by atoms with Gasteiger partial charge in [0.1, 0.15) is 0 Å². The van der Waals surface area contributed by atoms with E-state index in [1.807, 2.05) is 13.8 Å². The van der Waals surface area contributed by atoms with Crippen LogP contribution >= 0.6 is 24.4 Å². The molecule has 0 bridgehead atoms. The number of pyridine rings is 1. The molecule has 0 aromatic carbocycles. The number of unbranched alkanes of at least 4 members (excludes halogenated alkanes) is 2. The summed E-state index contributed by atoms with van der Waals surface area (Å²) >= 11 is 5.66. The summed E-state index contributed by atoms with van der Waals surface area (Å²) < 4.78 is 0. The molecule has 0 radical (unpaired) electrons. The second-order valence-electron chi connectivity index (χ2n) is 11.1. The largest absolute Gasteiger partial charge is 0.481 e. The zero-order valence-corrected chi connectivity index (χ0v) is 28.0. The fourth-order valence-electron chi connectivity index (χ4n) is 3.00. The Morgan fingerprint density at radius 2 is 1.24 bits per heavy atom. The molecule has 0 saturated heterocycles. The Bertz CT molecular complexity index is 690. The van der Waals surface area contributed by atoms with Crippen molar-refractivity contribution in [3.8, 4) is 0 Å². The lowest BCUT2D eigenvalue weighted by Gasteiger charge is -2.23. The number of rotatable bonds is 12. The predicted molar refractivity (Wildman–Crippen MR) is 171 cm³/mol. The first-order valence-corrected chi connectivity index (χ1v) is 16.1. The van der Waals surface area contributed by atoms with Crippen LogP contribution in [0.2, 0.25) is 0 Å². The van der Waals surface area contributed by atoms with Crippen molar-refractivity contribution in [2.45, 2.75) is 126 Å². The first kappa shape index (κ1) is 41.3. The Balaban J connectivity index is -0.000000474. The zero-order chi connectivity index (χ0) is 30.4. The summed E-state index contributed by atoms with van der Waals surface area (Å²) in [4.78, 5) is 25.8. The minimum atomic E-state index is -0.719. The molecule has 2 unspecified atom stereocenters. The van der Waals surface area contributed by atoms with Gasteiger partial charge in [0.15, 0.2) is 0 Å². The maximum absolute atomic E-state index is 10.7. The predicted octanol–water partition coefficient (Wildman–Crippen LogP) is 9.14. The molecule has 0 aliphatic heterocycles. The average molecular weight is 574 g/mol. The molecule has 0 fully saturated rings. The highest BCUT2D eigenvalue weighted by molar-refractivity contribution is 7.99. The minimum Gasteiger partial charge on any atom is -0.481 e. The molecule has 0 aliphatic rings. The second-order valence-corrected chi connectivity index (χ2v) is 12.8. The van der Waals surface area contributed by atoms with Crippen LogP contribution in [0.1, 0.15) is 126 Å². The highest BCUT2D eigenvalue weighted by Crippen LogP contribution is 2.25. The quantitative estimate of drug-likeness (QED) is 0.216. The van der Waals surface area contributed by atoms with E-state index in [1.54, 1.807) is 11.8 Å². The second kappa shape index (κ2) is 23.7. The number of carboxylic acid groups (broad SMARTS) is 2. The number of aliphatic carboxylic acids is 2. The molecule has 7 heteroatoms. The standard InChI is InChI=1S/C13H21N.C9H18O2S.C7H14O2S.C2H6/c1-12(2,3)10-8-7-9-11(14-10)13(4,5)6;1-3-5-6-8(9(10)11)7-12-4-2;1-2-3-4-6(5-10)7(8)9;1-2/h7-9H,1-6H3;8H,3-7H2,1-2H3,(H,10,11);6,10H,2-5H2,1H3,(H,8,9);1-2H3. The van der Waals surface area contributed by atoms with Gasteiger partial charge in [-0.05, 0) is 30.7 Å². The van der Waals surface area contributed by atoms with Crippen LogP contribution in [0.3, 0.4) is 0 Å². The topological polar surface area (TPSA) is 87.5 Å². The third kappa shape index (κ3) is 21.7. The molecule has 5 nitrogen and oxygen atoms in total. The van der Waals surface area contributed by atoms with Gasteiger partial charge in [0.2, 0.25) is 0 Å². The summed E-state index contributed by atoms with van der Waals surface area (Å²) in [5.74, 6) is 0.503. The van der Waals surface area contributed by atoms with Gasteiger partial charge >= 0.3 is 11.9 Å². The van der Waals surface area contributed by atoms with Crippen LogP contribution in [0.15, 0.2) is 18.2 Å². The van der Waals surface area contributed by atoms with Crippen LogP contribution in [-0.4, -0.2) is 44.4 Å². The van der Waals surface area contributed by atoms with Crippen molar-refractivity contribution >= 4 is 36.3 Å². The summed E-state index contributed by atoms with van der Waals surface area (Å²) in [6.07, 6.45) is 5.74. The van der Waals surface area contributed by atoms with Crippen molar-refractivity contribution < 1.29 is 19.8 Å². The number of hydrogen-bond donors (Lipinski definition) is 3. The molecule has 0 spiro atoms. The first-order valence-electron chi connectivity index (χ1n) is 14.3. The van der Waals surface area contributed by atoms with Gasteiger partial charge in [0.05, 0.1) is 11.8 Å². The highest BCUT2D eigenvalue weighted by atomic mass is 32.2. The molecular formula is C31H59NO4S2. The normalized spacial score (nSPS) is 12.4. The maximum atomic E-state index is 10.7. The molecule has 224 valence electrons. The minimum absolute atomic E-state index is 0.130. The fraction of sp³-hybridized carbons (Fsp3) is 0.774. The molecule has 1 aromatic rings. The number of nitrogens with zero attached hydrogens (tertiary/aromatic N) is 1. The molecule has 0 amide bonds. The lowest BCUT2D eigenvalue weighted by atomic mass is 9.88. The Labute approximate surface area is 244 Å². The van der Waals surface area contributed by atoms with E-state index in [0.717, 1.165) is 50.0 Å². The lowest BCUT2D eigenvalue weighted by molar-refractivity contribution is -0.142. The zero-order valence-electron chi connectivity index (χ0n) is 26.3. The van der Waals surface area contributed by atoms with Crippen molar-refractivity contribution in [3.05, 3.63) is 29.6 Å². The number of aromatic nitrogens is 1. The smallest absolute Gasteiger partial charge is 0.307 e. The van der Waals surface area contributed by atoms with E-state index in [4.69, 9.17) is 15.2 Å². The Morgan fingerprint density at radius 3 is 1.53 bits per heavy atom. The molecular weight excluding hydrogens is 514 g/mol. The van der Waals surface area contributed by atoms with Crippen LogP contribution in [0.5, 0.6) is 0 Å². The number of carboxylic acids is 2. The van der Waals surface area contributed by atoms with E-state index < -0.39 is 11.9 Å². The Kier molecular flexibility index (Phi) is 25.7. The molecule has 1 aromatic heterocycles. The van der Waals surface area contributed by atoms with Gasteiger partial charge < -0.3 is 10.2 Å². The Morgan fingerprint density at radius 1 is 0.842 bits per heavy atom. The van der Waals surface area contributed by atoms with Crippen LogP contribution in [0.25, 0.3) is 0 Å². The van der Waals surface area contributed by atoms with Crippen LogP contribution in [0, 0.1) is 11.8 Å². The van der Waals surface area contributed by atoms with Crippen LogP contribution in [0.4, 0.5) is 0 Å². The SMILES string of the molecule is CC.CC(C)(C)c1cccc(C(C)(C)C)n1.CCCCC(CS)C(=O)O.CCCCC(CSCC)C(=O)O. The number of thiol groups is 1. The van der Waals surface area contributed by atoms with Gasteiger partial charge in [-0.2, -0.15) is 24.4 Å². The van der Waals surface area contributed by atoms with E-state index in [-0.39, 0.29) is 22.7 Å². The van der Waals surface area contributed by atoms with Crippen molar-refractivity contribution in [1.29, 1.82) is 0 Å². The molecule has 1 rings (SSSR count). The first-order chi connectivity index (χ1) is 17.6. The van der Waals surface area contributed by atoms with E-state index in [0.29, 0.717) is 5.75 Å². The van der Waals surface area contributed by atoms with Crippen molar-refractivity contribution in [1.82, 2.24) is 4.98 Å². The van der Waals surface area contributed by atoms with Gasteiger partial charge in [-0.25, -0.2) is 0 Å². The van der Waals surface area contributed by atoms with Crippen molar-refractivity contribution in [2.75, 3.05) is 17.3 Å². The summed E-state index contributed by atoms with van der Waals surface area (Å²) in [6.45, 7) is 23.4. The van der Waals surface area contributed by atoms with Crippen LogP contribution in [-0.2, 0) is 20.4 Å². The summed E-state index contributed by atoms with van der Waals surface area (Å²) in [6, 6.07) is 6.32. The van der Waals surface area contributed by atoms with Crippen molar-refractivity contribution in [2.24, 2.45) is 11.8 Å². The summed E-state index contributed by atoms with van der Waals surface area (Å²) in [7, 11) is 0. The summed E-state index contributed by atoms with van der Waals surface area (Å²) in [5.41, 5.74) is 2.62. The lowest BCUT2D eigenvalue weighted by Crippen LogP contribution is -2.19. The molecule has 2 atom stereocenters. The van der Waals surface area contributed by atoms with Gasteiger partial charge in [0, 0.05) is 33.7 Å². The van der Waals surface area contributed by atoms with E-state index in [2.05, 4.69) is 93.1 Å². The molecule has 2 N–H and O–H groups in total. The van der Waals surface area contributed by atoms with E-state index in [9.17, 15) is 9.59 Å². The average Bonchev–Trinajstić information content (AvgIpc) is 2.85. The van der Waals surface area contributed by atoms with Crippen molar-refractivity contribution in [3.63, 3.8) is 0 Å². The molecule has 0 saturated carbocycles. The van der Waals surface area contributed by atoms with Gasteiger partial charge in [-0.3, -0.25) is 14.6 Å². The monoisotopic (exact) mass is 573 g/mol. The number of carbonyl (C=O) groups is 2. The van der Waals surface area contributed by atoms with Gasteiger partial charge in [0.25, 0.3) is 0 Å². The van der Waals surface area contributed by atoms with E-state index >= 15 is 0 Å². The van der Waals surface area contributed by atoms with Gasteiger partial charge in [-0.15, -0.1) is 0 Å². The Hall–Kier alpha value is -1.21. The molecule has 0 aliphatic carbocycles.